The highest BCUT2D eigenvalue weighted by atomic mass is 16.4. The van der Waals surface area contributed by atoms with Gasteiger partial charge in [0.1, 0.15) is 5.58 Å². The molecule has 278 valence electrons. The van der Waals surface area contributed by atoms with E-state index in [1.165, 1.54) is 21.6 Å². The summed E-state index contributed by atoms with van der Waals surface area (Å²) in [5, 5.41) is 10.6. The van der Waals surface area contributed by atoms with Crippen LogP contribution < -0.4 is 4.90 Å². The van der Waals surface area contributed by atoms with Crippen molar-refractivity contribution in [3.05, 3.63) is 211 Å². The molecule has 2 aromatic heterocycles. The summed E-state index contributed by atoms with van der Waals surface area (Å²) in [6.07, 6.45) is -0.354. The van der Waals surface area contributed by atoms with Gasteiger partial charge in [-0.2, -0.15) is 0 Å². The van der Waals surface area contributed by atoms with Crippen molar-refractivity contribution in [2.45, 2.75) is 6.42 Å². The zero-order chi connectivity index (χ0) is 59.0. The third-order valence-corrected chi connectivity index (χ3v) is 10.2. The molecule has 9 aromatic carbocycles. The molecular formula is C55H36N2O2. The van der Waals surface area contributed by atoms with Gasteiger partial charge in [0, 0.05) is 50.7 Å². The van der Waals surface area contributed by atoms with Gasteiger partial charge in [0.2, 0.25) is 0 Å². The Morgan fingerprint density at radius 3 is 2.17 bits per heavy atom. The Morgan fingerprint density at radius 2 is 1.24 bits per heavy atom. The van der Waals surface area contributed by atoms with Gasteiger partial charge in [-0.3, -0.25) is 0 Å². The molecule has 0 spiro atoms. The lowest BCUT2D eigenvalue weighted by Crippen LogP contribution is -2.18. The van der Waals surface area contributed by atoms with Gasteiger partial charge in [-0.1, -0.05) is 115 Å². The van der Waals surface area contributed by atoms with Gasteiger partial charge in [-0.05, 0) is 129 Å². The smallest absolute Gasteiger partial charge is 0.177 e. The third kappa shape index (κ3) is 5.38. The van der Waals surface area contributed by atoms with Crippen LogP contribution in [-0.4, -0.2) is 9.67 Å². The molecule has 0 amide bonds. The molecule has 0 fully saturated rings. The summed E-state index contributed by atoms with van der Waals surface area (Å²) < 4.78 is 217. The van der Waals surface area contributed by atoms with Gasteiger partial charge in [-0.25, -0.2) is 0 Å². The number of furan rings is 1. The minimum atomic E-state index is -0.983. The standard InChI is InChI=1S/C55H36N2O2/c58-53-33-41(37-16-11-15-36(28-37)35-12-3-1-4-13-35)32-48-47-34-44(24-27-54(47)59-55(48)53)57-49-20-9-7-14-40(49)30-42-29-38(22-25-50(42)57)39-23-26-52-46(31-39)45-19-8-10-21-51(45)56(52)43-17-5-2-6-18-43/h1-29,31-34,58H,30H2/i3D,4D,7D,8D,9D,10D,11D,12D,14D,15D,16D,19D,21D,22D,23D,26D,27D,28D,29D,31D,32D,33D,34D. The molecule has 0 saturated heterocycles. The Bertz CT molecular complexity index is 4790. The third-order valence-electron chi connectivity index (χ3n) is 10.2. The van der Waals surface area contributed by atoms with Crippen LogP contribution in [0.5, 0.6) is 5.75 Å². The van der Waals surface area contributed by atoms with E-state index in [9.17, 15) is 17.4 Å². The molecule has 0 aliphatic carbocycles. The summed E-state index contributed by atoms with van der Waals surface area (Å²) in [5.41, 5.74) is -4.07. The first kappa shape index (κ1) is 17.8. The lowest BCUT2D eigenvalue weighted by molar-refractivity contribution is 0.469. The van der Waals surface area contributed by atoms with Gasteiger partial charge in [0.05, 0.1) is 42.6 Å². The largest absolute Gasteiger partial charge is 0.504 e. The van der Waals surface area contributed by atoms with E-state index in [0.29, 0.717) is 5.69 Å². The van der Waals surface area contributed by atoms with Crippen LogP contribution in [0.4, 0.5) is 17.1 Å². The van der Waals surface area contributed by atoms with Crippen LogP contribution in [0.25, 0.3) is 82.8 Å². The number of aromatic hydroxyl groups is 1. The molecule has 0 bridgehead atoms. The lowest BCUT2D eigenvalue weighted by Gasteiger charge is -2.34. The van der Waals surface area contributed by atoms with Crippen molar-refractivity contribution in [3.8, 4) is 44.8 Å². The molecular weight excluding hydrogens is 721 g/mol. The maximum Gasteiger partial charge on any atom is 0.177 e. The number of hydrogen-bond acceptors (Lipinski definition) is 3. The second-order valence-corrected chi connectivity index (χ2v) is 13.6. The summed E-state index contributed by atoms with van der Waals surface area (Å²) >= 11 is 0. The zero-order valence-corrected chi connectivity index (χ0v) is 30.2. The van der Waals surface area contributed by atoms with Gasteiger partial charge in [-0.15, -0.1) is 0 Å². The quantitative estimate of drug-likeness (QED) is 0.189. The Kier molecular flexibility index (Phi) is 3.95. The zero-order valence-electron chi connectivity index (χ0n) is 53.2. The fraction of sp³-hybridized carbons (Fsp3) is 0.0182. The average molecular weight is 780 g/mol. The molecule has 59 heavy (non-hydrogen) atoms. The SMILES string of the molecule is [2H]c1cc([2H])c([2H])c(-c2c([2H])c([2H])c([2H])c(-c3c([2H])c(O)c4oc5c([2H])cc(N6c7cc([2H])c([2H])c([2H])c7Cc7c6cc([2H])c(-c6c([2H])c([2H])c8c(c6[2H])c6c([2H])c([2H])c([2H])c([2H])c6n8-c6ccccc6)c7[2H])c([2H])c5c4c3[2H])c2[2H])c1. The summed E-state index contributed by atoms with van der Waals surface area (Å²) in [4.78, 5) is 1.26. The number of phenolic OH excluding ortho intramolecular Hbond substituents is 1. The number of nitrogens with zero attached hydrogens (tertiary/aromatic N) is 2. The number of anilines is 3. The Balaban J connectivity index is 1.14. The predicted octanol–water partition coefficient (Wildman–Crippen LogP) is 14.8. The Labute approximate surface area is 373 Å². The second kappa shape index (κ2) is 13.1. The van der Waals surface area contributed by atoms with E-state index < -0.39 is 177 Å². The van der Waals surface area contributed by atoms with Crippen molar-refractivity contribution in [2.24, 2.45) is 0 Å². The molecule has 1 N–H and O–H groups in total. The predicted molar refractivity (Wildman–Crippen MR) is 244 cm³/mol. The van der Waals surface area contributed by atoms with Crippen molar-refractivity contribution in [2.75, 3.05) is 4.90 Å². The molecule has 1 aliphatic rings. The second-order valence-electron chi connectivity index (χ2n) is 13.6. The topological polar surface area (TPSA) is 41.5 Å². The highest BCUT2D eigenvalue weighted by molar-refractivity contribution is 6.11. The minimum absolute atomic E-state index is 0.0135. The summed E-state index contributed by atoms with van der Waals surface area (Å²) in [7, 11) is 0. The van der Waals surface area contributed by atoms with Crippen molar-refractivity contribution >= 4 is 60.8 Å². The molecule has 12 rings (SSSR count). The summed E-state index contributed by atoms with van der Waals surface area (Å²) in [6, 6.07) is 0.281. The monoisotopic (exact) mass is 779 g/mol. The molecule has 1 aliphatic heterocycles. The Hall–Kier alpha value is -7.82. The summed E-state index contributed by atoms with van der Waals surface area (Å²) in [5.74, 6) is -0.983. The van der Waals surface area contributed by atoms with Crippen LogP contribution in [0.15, 0.2) is 204 Å². The van der Waals surface area contributed by atoms with E-state index in [1.54, 1.807) is 30.3 Å². The van der Waals surface area contributed by atoms with Gasteiger partial charge < -0.3 is 19.0 Å². The molecule has 3 heterocycles. The first-order valence-electron chi connectivity index (χ1n) is 29.7. The molecule has 0 saturated carbocycles. The van der Waals surface area contributed by atoms with E-state index in [4.69, 9.17) is 23.6 Å². The molecule has 0 unspecified atom stereocenters. The van der Waals surface area contributed by atoms with Crippen molar-refractivity contribution in [1.29, 1.82) is 0 Å². The van der Waals surface area contributed by atoms with E-state index >= 15 is 0 Å². The van der Waals surface area contributed by atoms with Gasteiger partial charge >= 0.3 is 0 Å². The number of fused-ring (bicyclic) bond motifs is 8. The van der Waals surface area contributed by atoms with E-state index in [1.807, 2.05) is 0 Å². The lowest BCUT2D eigenvalue weighted by atomic mass is 9.91. The number of para-hydroxylation sites is 3. The van der Waals surface area contributed by atoms with Crippen molar-refractivity contribution < 1.29 is 41.1 Å². The van der Waals surface area contributed by atoms with Crippen molar-refractivity contribution in [3.63, 3.8) is 0 Å². The van der Waals surface area contributed by atoms with Crippen molar-refractivity contribution in [1.82, 2.24) is 4.57 Å². The maximum atomic E-state index is 11.8. The van der Waals surface area contributed by atoms with E-state index in [0.717, 1.165) is 18.2 Å². The summed E-state index contributed by atoms with van der Waals surface area (Å²) in [6.45, 7) is 0. The van der Waals surface area contributed by atoms with Crippen LogP contribution in [0.2, 0.25) is 0 Å². The average Bonchev–Trinajstić information content (AvgIpc) is 4.18. The van der Waals surface area contributed by atoms with E-state index in [2.05, 4.69) is 0 Å². The van der Waals surface area contributed by atoms with Crippen LogP contribution in [0.1, 0.15) is 42.7 Å². The molecule has 0 atom stereocenters. The number of rotatable bonds is 5. The highest BCUT2D eigenvalue weighted by Gasteiger charge is 2.26. The van der Waals surface area contributed by atoms with Crippen LogP contribution in [0, 0.1) is 0 Å². The number of hydrogen-bond donors (Lipinski definition) is 1. The minimum Gasteiger partial charge on any atom is -0.504 e. The number of aromatic nitrogens is 1. The highest BCUT2D eigenvalue weighted by Crippen LogP contribution is 2.47. The van der Waals surface area contributed by atoms with Crippen LogP contribution in [0.3, 0.4) is 0 Å². The number of phenols is 1. The Morgan fingerprint density at radius 1 is 0.458 bits per heavy atom. The van der Waals surface area contributed by atoms with Gasteiger partial charge in [0.15, 0.2) is 11.3 Å². The van der Waals surface area contributed by atoms with Crippen LogP contribution >= 0.6 is 0 Å². The fourth-order valence-electron chi connectivity index (χ4n) is 7.56. The number of benzene rings is 9. The first-order valence-corrected chi connectivity index (χ1v) is 18.2. The normalized spacial score (nSPS) is 17.8. The van der Waals surface area contributed by atoms with E-state index in [-0.39, 0.29) is 79.0 Å². The first-order chi connectivity index (χ1) is 38.7. The van der Waals surface area contributed by atoms with Crippen LogP contribution in [-0.2, 0) is 6.42 Å². The molecule has 4 nitrogen and oxygen atoms in total. The molecule has 11 aromatic rings. The molecule has 0 radical (unpaired) electrons. The molecule has 4 heteroatoms. The van der Waals surface area contributed by atoms with Gasteiger partial charge in [0.25, 0.3) is 0 Å². The fourth-order valence-corrected chi connectivity index (χ4v) is 7.56. The maximum absolute atomic E-state index is 11.8.